The summed E-state index contributed by atoms with van der Waals surface area (Å²) in [6, 6.07) is 8.41. The molecule has 0 amide bonds. The van der Waals surface area contributed by atoms with Crippen LogP contribution in [0.3, 0.4) is 0 Å². The predicted octanol–water partition coefficient (Wildman–Crippen LogP) is 1.42. The molecule has 5 nitrogen and oxygen atoms in total. The van der Waals surface area contributed by atoms with Crippen LogP contribution in [0.4, 0.5) is 5.69 Å². The highest BCUT2D eigenvalue weighted by molar-refractivity contribution is 6.06. The van der Waals surface area contributed by atoms with E-state index in [1.54, 1.807) is 30.3 Å². The summed E-state index contributed by atoms with van der Waals surface area (Å²) in [5, 5.41) is 20.6. The quantitative estimate of drug-likeness (QED) is 0.657. The number of rotatable bonds is 5. The minimum Gasteiger partial charge on any atom is -0.479 e. The van der Waals surface area contributed by atoms with Crippen LogP contribution in [0, 0.1) is 0 Å². The zero-order chi connectivity index (χ0) is 12.2. The molecule has 0 radical (unpaired) electrons. The molecule has 0 bridgehead atoms. The van der Waals surface area contributed by atoms with Crippen molar-refractivity contribution in [1.82, 2.24) is 0 Å². The molecule has 0 spiro atoms. The Hall–Kier alpha value is -2.04. The van der Waals surface area contributed by atoms with E-state index in [1.807, 2.05) is 0 Å². The molecule has 1 aromatic rings. The third-order valence-electron chi connectivity index (χ3n) is 2.39. The van der Waals surface area contributed by atoms with Gasteiger partial charge in [-0.25, -0.2) is 9.59 Å². The Balaban J connectivity index is 3.04. The van der Waals surface area contributed by atoms with Crippen LogP contribution in [-0.2, 0) is 9.59 Å². The Morgan fingerprint density at radius 1 is 1.19 bits per heavy atom. The van der Waals surface area contributed by atoms with Gasteiger partial charge >= 0.3 is 11.9 Å². The lowest BCUT2D eigenvalue weighted by Gasteiger charge is -2.25. The molecule has 0 saturated heterocycles. The normalized spacial score (nSPS) is 10.8. The standard InChI is InChI=1S/C11H13NO4/c1-2-11(9(13)14,10(15)16)12-8-6-4-3-5-7-8/h3-7,12H,2H2,1H3,(H,13,14)(H,15,16). The first-order valence-electron chi connectivity index (χ1n) is 4.83. The lowest BCUT2D eigenvalue weighted by atomic mass is 9.96. The van der Waals surface area contributed by atoms with Crippen molar-refractivity contribution in [1.29, 1.82) is 0 Å². The van der Waals surface area contributed by atoms with Gasteiger partial charge < -0.3 is 15.5 Å². The number of benzene rings is 1. The molecule has 5 heteroatoms. The summed E-state index contributed by atoms with van der Waals surface area (Å²) in [7, 11) is 0. The van der Waals surface area contributed by atoms with Crippen LogP contribution in [0.2, 0.25) is 0 Å². The first kappa shape index (κ1) is 12.0. The van der Waals surface area contributed by atoms with Crippen LogP contribution in [0.1, 0.15) is 13.3 Å². The maximum absolute atomic E-state index is 11.1. The monoisotopic (exact) mass is 223 g/mol. The second-order valence-electron chi connectivity index (χ2n) is 3.36. The molecule has 0 heterocycles. The predicted molar refractivity (Wildman–Crippen MR) is 58.4 cm³/mol. The zero-order valence-electron chi connectivity index (χ0n) is 8.80. The van der Waals surface area contributed by atoms with Crippen molar-refractivity contribution < 1.29 is 19.8 Å². The molecule has 0 unspecified atom stereocenters. The van der Waals surface area contributed by atoms with Gasteiger partial charge in [-0.15, -0.1) is 0 Å². The number of hydrogen-bond donors (Lipinski definition) is 3. The van der Waals surface area contributed by atoms with Crippen molar-refractivity contribution in [3.63, 3.8) is 0 Å². The number of anilines is 1. The van der Waals surface area contributed by atoms with E-state index < -0.39 is 17.5 Å². The Kier molecular flexibility index (Phi) is 3.50. The Morgan fingerprint density at radius 3 is 2.06 bits per heavy atom. The minimum absolute atomic E-state index is 0.0490. The van der Waals surface area contributed by atoms with E-state index in [2.05, 4.69) is 5.32 Å². The minimum atomic E-state index is -1.97. The molecular formula is C11H13NO4. The molecule has 0 aliphatic carbocycles. The molecule has 3 N–H and O–H groups in total. The molecule has 16 heavy (non-hydrogen) atoms. The fraction of sp³-hybridized carbons (Fsp3) is 0.273. The molecule has 0 saturated carbocycles. The number of aliphatic carboxylic acids is 2. The second kappa shape index (κ2) is 4.65. The first-order valence-corrected chi connectivity index (χ1v) is 4.83. The van der Waals surface area contributed by atoms with E-state index in [-0.39, 0.29) is 6.42 Å². The number of carbonyl (C=O) groups is 2. The smallest absolute Gasteiger partial charge is 0.341 e. The van der Waals surface area contributed by atoms with Crippen molar-refractivity contribution in [3.8, 4) is 0 Å². The van der Waals surface area contributed by atoms with Crippen LogP contribution in [0.25, 0.3) is 0 Å². The summed E-state index contributed by atoms with van der Waals surface area (Å²) < 4.78 is 0. The van der Waals surface area contributed by atoms with Gasteiger partial charge in [-0.3, -0.25) is 0 Å². The van der Waals surface area contributed by atoms with Gasteiger partial charge in [0.15, 0.2) is 0 Å². The summed E-state index contributed by atoms with van der Waals surface area (Å²) in [5.41, 5.74) is -1.50. The maximum atomic E-state index is 11.1. The number of carboxylic acids is 2. The number of hydrogen-bond acceptors (Lipinski definition) is 3. The van der Waals surface area contributed by atoms with Gasteiger partial charge in [-0.1, -0.05) is 25.1 Å². The molecular weight excluding hydrogens is 210 g/mol. The van der Waals surface area contributed by atoms with Crippen molar-refractivity contribution >= 4 is 17.6 Å². The van der Waals surface area contributed by atoms with Crippen molar-refractivity contribution in [3.05, 3.63) is 30.3 Å². The number of nitrogens with one attached hydrogen (secondary N) is 1. The van der Waals surface area contributed by atoms with E-state index in [4.69, 9.17) is 10.2 Å². The van der Waals surface area contributed by atoms with E-state index in [9.17, 15) is 9.59 Å². The van der Waals surface area contributed by atoms with Crippen LogP contribution in [0.15, 0.2) is 30.3 Å². The second-order valence-corrected chi connectivity index (χ2v) is 3.36. The third kappa shape index (κ3) is 2.13. The van der Waals surface area contributed by atoms with Crippen LogP contribution in [0.5, 0.6) is 0 Å². The molecule has 1 aromatic carbocycles. The topological polar surface area (TPSA) is 86.6 Å². The number of para-hydroxylation sites is 1. The third-order valence-corrected chi connectivity index (χ3v) is 2.39. The molecule has 86 valence electrons. The number of carboxylic acid groups (broad SMARTS) is 2. The molecule has 0 fully saturated rings. The van der Waals surface area contributed by atoms with Crippen molar-refractivity contribution in [2.45, 2.75) is 18.9 Å². The lowest BCUT2D eigenvalue weighted by molar-refractivity contribution is -0.155. The van der Waals surface area contributed by atoms with E-state index in [0.717, 1.165) is 0 Å². The maximum Gasteiger partial charge on any atom is 0.341 e. The highest BCUT2D eigenvalue weighted by atomic mass is 16.4. The highest BCUT2D eigenvalue weighted by Crippen LogP contribution is 2.19. The summed E-state index contributed by atoms with van der Waals surface area (Å²) in [6.07, 6.45) is -0.0490. The molecule has 0 aromatic heterocycles. The Labute approximate surface area is 92.7 Å². The van der Waals surface area contributed by atoms with Gasteiger partial charge in [-0.2, -0.15) is 0 Å². The SMILES string of the molecule is CCC(Nc1ccccc1)(C(=O)O)C(=O)O. The summed E-state index contributed by atoms with van der Waals surface area (Å²) in [5.74, 6) is -2.79. The van der Waals surface area contributed by atoms with Crippen LogP contribution in [-0.4, -0.2) is 27.7 Å². The van der Waals surface area contributed by atoms with Crippen molar-refractivity contribution in [2.75, 3.05) is 5.32 Å². The Morgan fingerprint density at radius 2 is 1.69 bits per heavy atom. The van der Waals surface area contributed by atoms with Gasteiger partial charge in [0.25, 0.3) is 0 Å². The largest absolute Gasteiger partial charge is 0.479 e. The van der Waals surface area contributed by atoms with E-state index in [0.29, 0.717) is 5.69 Å². The van der Waals surface area contributed by atoms with Gasteiger partial charge in [0.1, 0.15) is 0 Å². The van der Waals surface area contributed by atoms with Crippen LogP contribution >= 0.6 is 0 Å². The average molecular weight is 223 g/mol. The van der Waals surface area contributed by atoms with Gasteiger partial charge in [0.2, 0.25) is 5.54 Å². The molecule has 0 aliphatic heterocycles. The lowest BCUT2D eigenvalue weighted by Crippen LogP contribution is -2.52. The van der Waals surface area contributed by atoms with E-state index in [1.165, 1.54) is 6.92 Å². The molecule has 0 atom stereocenters. The summed E-state index contributed by atoms with van der Waals surface area (Å²) in [6.45, 7) is 1.51. The van der Waals surface area contributed by atoms with Gasteiger partial charge in [-0.05, 0) is 18.6 Å². The van der Waals surface area contributed by atoms with Crippen LogP contribution < -0.4 is 5.32 Å². The van der Waals surface area contributed by atoms with E-state index >= 15 is 0 Å². The molecule has 0 aliphatic rings. The Bertz CT molecular complexity index is 374. The highest BCUT2D eigenvalue weighted by Gasteiger charge is 2.45. The summed E-state index contributed by atoms with van der Waals surface area (Å²) >= 11 is 0. The first-order chi connectivity index (χ1) is 7.53. The fourth-order valence-corrected chi connectivity index (χ4v) is 1.36. The molecule has 1 rings (SSSR count). The fourth-order valence-electron chi connectivity index (χ4n) is 1.36. The average Bonchev–Trinajstić information content (AvgIpc) is 2.26. The summed E-state index contributed by atoms with van der Waals surface area (Å²) in [4.78, 5) is 22.1. The zero-order valence-corrected chi connectivity index (χ0v) is 8.80. The van der Waals surface area contributed by atoms with Crippen molar-refractivity contribution in [2.24, 2.45) is 0 Å². The van der Waals surface area contributed by atoms with Gasteiger partial charge in [0.05, 0.1) is 0 Å². The van der Waals surface area contributed by atoms with Gasteiger partial charge in [0, 0.05) is 5.69 Å².